The molecule has 0 fully saturated rings. The van der Waals surface area contributed by atoms with E-state index in [0.717, 1.165) is 16.3 Å². The zero-order valence-corrected chi connectivity index (χ0v) is 19.9. The lowest BCUT2D eigenvalue weighted by Crippen LogP contribution is -2.11. The molecule has 0 N–H and O–H groups in total. The van der Waals surface area contributed by atoms with E-state index < -0.39 is 5.92 Å². The van der Waals surface area contributed by atoms with Crippen LogP contribution >= 0.6 is 11.3 Å². The molecule has 0 bridgehead atoms. The van der Waals surface area contributed by atoms with Gasteiger partial charge in [0.25, 0.3) is 0 Å². The molecule has 0 saturated carbocycles. The van der Waals surface area contributed by atoms with Crippen molar-refractivity contribution < 1.29 is 23.7 Å². The second-order valence-electron chi connectivity index (χ2n) is 7.34. The smallest absolute Gasteiger partial charge is 0.186 e. The van der Waals surface area contributed by atoms with Gasteiger partial charge in [-0.2, -0.15) is 5.26 Å². The van der Waals surface area contributed by atoms with Gasteiger partial charge in [0.2, 0.25) is 0 Å². The van der Waals surface area contributed by atoms with Crippen LogP contribution in [0, 0.1) is 11.3 Å². The lowest BCUT2D eigenvalue weighted by Gasteiger charge is -2.11. The summed E-state index contributed by atoms with van der Waals surface area (Å²) in [7, 11) is 6.26. The Kier molecular flexibility index (Phi) is 6.66. The highest BCUT2D eigenvalue weighted by Gasteiger charge is 2.26. The summed E-state index contributed by atoms with van der Waals surface area (Å²) < 4.78 is 21.4. The Morgan fingerprint density at radius 1 is 0.853 bits per heavy atom. The number of hydrogen-bond acceptors (Lipinski definition) is 8. The third kappa shape index (κ3) is 4.26. The highest BCUT2D eigenvalue weighted by molar-refractivity contribution is 7.10. The number of ether oxygens (including phenoxy) is 4. The average molecular weight is 475 g/mol. The number of Topliss-reactive ketones (excluding diaryl/α,β-unsaturated/α-hetero) is 1. The van der Waals surface area contributed by atoms with Crippen molar-refractivity contribution in [3.63, 3.8) is 0 Å². The van der Waals surface area contributed by atoms with Crippen LogP contribution in [0.15, 0.2) is 53.9 Å². The van der Waals surface area contributed by atoms with E-state index in [1.807, 2.05) is 35.7 Å². The lowest BCUT2D eigenvalue weighted by molar-refractivity contribution is 0.0979. The van der Waals surface area contributed by atoms with Crippen LogP contribution in [-0.4, -0.2) is 39.2 Å². The summed E-state index contributed by atoms with van der Waals surface area (Å²) in [6.07, 6.45) is 0. The predicted molar refractivity (Wildman–Crippen MR) is 130 cm³/mol. The van der Waals surface area contributed by atoms with E-state index in [1.54, 1.807) is 46.6 Å². The summed E-state index contributed by atoms with van der Waals surface area (Å²) >= 11 is 1.28. The molecule has 1 heterocycles. The number of carbonyl (C=O) groups excluding carboxylic acids is 1. The van der Waals surface area contributed by atoms with Crippen molar-refractivity contribution in [2.24, 2.45) is 0 Å². The SMILES string of the molecule is COc1ccc(-c2csc(C(C#N)C(=O)c3ccc4cc(OC)c(OC)cc4c3)n2)cc1OC. The summed E-state index contributed by atoms with van der Waals surface area (Å²) in [5.74, 6) is 1.03. The molecule has 1 unspecified atom stereocenters. The molecule has 0 aliphatic carbocycles. The Bertz CT molecular complexity index is 1410. The van der Waals surface area contributed by atoms with Crippen molar-refractivity contribution in [3.8, 4) is 40.3 Å². The molecule has 1 atom stereocenters. The summed E-state index contributed by atoms with van der Waals surface area (Å²) in [4.78, 5) is 17.9. The molecular weight excluding hydrogens is 452 g/mol. The Morgan fingerprint density at radius 2 is 1.50 bits per heavy atom. The molecule has 1 aromatic heterocycles. The Morgan fingerprint density at radius 3 is 2.15 bits per heavy atom. The van der Waals surface area contributed by atoms with Crippen LogP contribution in [0.2, 0.25) is 0 Å². The number of methoxy groups -OCH3 is 4. The van der Waals surface area contributed by atoms with Crippen LogP contribution in [0.25, 0.3) is 22.0 Å². The number of fused-ring (bicyclic) bond motifs is 1. The molecule has 172 valence electrons. The maximum absolute atomic E-state index is 13.3. The standard InChI is InChI=1S/C26H22N2O5S/c1-30-21-8-7-16(11-22(21)31-2)20-14-34-26(28-20)19(13-27)25(29)17-6-5-15-10-23(32-3)24(33-4)12-18(15)9-17/h5-12,14,19H,1-4H3. The minimum absolute atomic E-state index is 0.313. The van der Waals surface area contributed by atoms with Crippen LogP contribution in [0.1, 0.15) is 21.3 Å². The molecule has 0 aliphatic rings. The first-order valence-electron chi connectivity index (χ1n) is 10.3. The molecule has 8 heteroatoms. The molecular formula is C26H22N2O5S. The van der Waals surface area contributed by atoms with Gasteiger partial charge in [-0.1, -0.05) is 12.1 Å². The van der Waals surface area contributed by atoms with Crippen molar-refractivity contribution in [2.75, 3.05) is 28.4 Å². The van der Waals surface area contributed by atoms with Gasteiger partial charge < -0.3 is 18.9 Å². The fraction of sp³-hybridized carbons (Fsp3) is 0.192. The number of nitrogens with zero attached hydrogens (tertiary/aromatic N) is 2. The fourth-order valence-electron chi connectivity index (χ4n) is 3.67. The molecule has 0 radical (unpaired) electrons. The molecule has 0 aliphatic heterocycles. The molecule has 0 saturated heterocycles. The molecule has 3 aromatic carbocycles. The maximum Gasteiger partial charge on any atom is 0.186 e. The van der Waals surface area contributed by atoms with Crippen LogP contribution in [0.4, 0.5) is 0 Å². The molecule has 0 amide bonds. The first-order chi connectivity index (χ1) is 16.5. The van der Waals surface area contributed by atoms with E-state index in [0.29, 0.717) is 39.3 Å². The van der Waals surface area contributed by atoms with Crippen LogP contribution in [-0.2, 0) is 0 Å². The van der Waals surface area contributed by atoms with Gasteiger partial charge in [-0.25, -0.2) is 4.98 Å². The van der Waals surface area contributed by atoms with Crippen LogP contribution in [0.5, 0.6) is 23.0 Å². The van der Waals surface area contributed by atoms with Crippen molar-refractivity contribution in [3.05, 3.63) is 64.5 Å². The van der Waals surface area contributed by atoms with E-state index in [2.05, 4.69) is 11.1 Å². The van der Waals surface area contributed by atoms with Crippen molar-refractivity contribution >= 4 is 27.9 Å². The van der Waals surface area contributed by atoms with Crippen LogP contribution < -0.4 is 18.9 Å². The molecule has 0 spiro atoms. The molecule has 4 aromatic rings. The largest absolute Gasteiger partial charge is 0.493 e. The summed E-state index contributed by atoms with van der Waals surface area (Å²) in [6, 6.07) is 16.5. The first-order valence-corrected chi connectivity index (χ1v) is 11.2. The average Bonchev–Trinajstić information content (AvgIpc) is 3.37. The quantitative estimate of drug-likeness (QED) is 0.312. The number of nitriles is 1. The number of hydrogen-bond donors (Lipinski definition) is 0. The highest BCUT2D eigenvalue weighted by Crippen LogP contribution is 2.36. The summed E-state index contributed by atoms with van der Waals surface area (Å²) in [6.45, 7) is 0. The van der Waals surface area contributed by atoms with E-state index in [4.69, 9.17) is 18.9 Å². The van der Waals surface area contributed by atoms with Gasteiger partial charge in [-0.3, -0.25) is 4.79 Å². The number of thiazole rings is 1. The van der Waals surface area contributed by atoms with E-state index in [9.17, 15) is 10.1 Å². The van der Waals surface area contributed by atoms with Gasteiger partial charge in [0.15, 0.2) is 34.7 Å². The fourth-order valence-corrected chi connectivity index (χ4v) is 4.54. The van der Waals surface area contributed by atoms with E-state index >= 15 is 0 Å². The van der Waals surface area contributed by atoms with E-state index in [1.165, 1.54) is 11.3 Å². The van der Waals surface area contributed by atoms with Gasteiger partial charge in [0, 0.05) is 16.5 Å². The Hall–Kier alpha value is -4.09. The normalized spacial score (nSPS) is 11.5. The third-order valence-electron chi connectivity index (χ3n) is 5.47. The monoisotopic (exact) mass is 474 g/mol. The van der Waals surface area contributed by atoms with E-state index in [-0.39, 0.29) is 5.78 Å². The summed E-state index contributed by atoms with van der Waals surface area (Å²) in [5.41, 5.74) is 1.88. The minimum atomic E-state index is -1.02. The number of carbonyl (C=O) groups is 1. The lowest BCUT2D eigenvalue weighted by atomic mass is 9.96. The zero-order valence-electron chi connectivity index (χ0n) is 19.1. The van der Waals surface area contributed by atoms with Gasteiger partial charge in [0.1, 0.15) is 5.01 Å². The number of rotatable bonds is 8. The second kappa shape index (κ2) is 9.81. The molecule has 7 nitrogen and oxygen atoms in total. The maximum atomic E-state index is 13.3. The van der Waals surface area contributed by atoms with Crippen molar-refractivity contribution in [1.29, 1.82) is 5.26 Å². The first kappa shape index (κ1) is 23.1. The molecule has 4 rings (SSSR count). The number of aromatic nitrogens is 1. The topological polar surface area (TPSA) is 90.7 Å². The van der Waals surface area contributed by atoms with Gasteiger partial charge in [-0.15, -0.1) is 11.3 Å². The molecule has 34 heavy (non-hydrogen) atoms. The Balaban J connectivity index is 1.66. The highest BCUT2D eigenvalue weighted by atomic mass is 32.1. The summed E-state index contributed by atoms with van der Waals surface area (Å²) in [5, 5.41) is 13.8. The van der Waals surface area contributed by atoms with Gasteiger partial charge >= 0.3 is 0 Å². The van der Waals surface area contributed by atoms with Crippen molar-refractivity contribution in [2.45, 2.75) is 5.92 Å². The number of ketones is 1. The second-order valence-corrected chi connectivity index (χ2v) is 8.23. The zero-order chi connectivity index (χ0) is 24.2. The number of benzene rings is 3. The van der Waals surface area contributed by atoms with Crippen molar-refractivity contribution in [1.82, 2.24) is 4.98 Å². The van der Waals surface area contributed by atoms with Gasteiger partial charge in [-0.05, 0) is 47.2 Å². The van der Waals surface area contributed by atoms with Gasteiger partial charge in [0.05, 0.1) is 40.2 Å². The minimum Gasteiger partial charge on any atom is -0.493 e. The Labute approximate surface area is 201 Å². The third-order valence-corrected chi connectivity index (χ3v) is 6.38. The van der Waals surface area contributed by atoms with Crippen LogP contribution in [0.3, 0.4) is 0 Å². The predicted octanol–water partition coefficient (Wildman–Crippen LogP) is 5.49.